The maximum Gasteiger partial charge on any atom is 1.00 e. The molecular formula is C8H16NNaO5S. The third kappa shape index (κ3) is 14.1. The minimum absolute atomic E-state index is 0. The summed E-state index contributed by atoms with van der Waals surface area (Å²) in [6, 6.07) is 0. The molecule has 16 heavy (non-hydrogen) atoms. The molecular weight excluding hydrogens is 245 g/mol. The molecule has 0 aliphatic carbocycles. The van der Waals surface area contributed by atoms with Gasteiger partial charge in [-0.25, -0.2) is 8.42 Å². The third-order valence-corrected chi connectivity index (χ3v) is 2.26. The summed E-state index contributed by atoms with van der Waals surface area (Å²) in [5.74, 6) is -1.15. The van der Waals surface area contributed by atoms with Gasteiger partial charge in [0.05, 0.1) is 15.9 Å². The number of rotatable bonds is 4. The van der Waals surface area contributed by atoms with Crippen molar-refractivity contribution < 1.29 is 52.4 Å². The summed E-state index contributed by atoms with van der Waals surface area (Å²) in [6.07, 6.45) is 1.01. The first kappa shape index (κ1) is 21.4. The molecule has 0 aromatic heterocycles. The first-order chi connectivity index (χ1) is 6.66. The molecule has 0 heterocycles. The van der Waals surface area contributed by atoms with Gasteiger partial charge in [0, 0.05) is 12.6 Å². The van der Waals surface area contributed by atoms with Gasteiger partial charge in [0.15, 0.2) is 0 Å². The van der Waals surface area contributed by atoms with Crippen molar-refractivity contribution in [3.63, 3.8) is 0 Å². The first-order valence-corrected chi connectivity index (χ1v) is 5.57. The van der Waals surface area contributed by atoms with Crippen molar-refractivity contribution in [1.82, 2.24) is 5.32 Å². The largest absolute Gasteiger partial charge is 1.00 e. The molecule has 0 aliphatic rings. The summed E-state index contributed by atoms with van der Waals surface area (Å²) in [6.45, 7) is 6.10. The van der Waals surface area contributed by atoms with Gasteiger partial charge in [0.1, 0.15) is 0 Å². The van der Waals surface area contributed by atoms with Crippen molar-refractivity contribution in [3.05, 3.63) is 12.7 Å². The smallest absolute Gasteiger partial charge is 0.748 e. The zero-order chi connectivity index (χ0) is 12.7. The van der Waals surface area contributed by atoms with Crippen LogP contribution in [0.5, 0.6) is 0 Å². The van der Waals surface area contributed by atoms with Gasteiger partial charge < -0.3 is 15.0 Å². The van der Waals surface area contributed by atoms with Crippen LogP contribution in [0.15, 0.2) is 12.7 Å². The summed E-state index contributed by atoms with van der Waals surface area (Å²) >= 11 is 0. The standard InChI is InChI=1S/C7H13NO4S.CH4O.Na/c1-4-6(9)8-7(2,3)5-13(10,11)12;1-2;/h4H,1,5H2,2-3H3,(H,8,9)(H,10,11,12);2H,1H3;/q;;+1/p-1. The van der Waals surface area contributed by atoms with E-state index in [2.05, 4.69) is 11.9 Å². The molecule has 0 aromatic rings. The Hall–Kier alpha value is 0.0800. The minimum Gasteiger partial charge on any atom is -0.748 e. The Kier molecular flexibility index (Phi) is 12.2. The molecule has 8 heteroatoms. The minimum atomic E-state index is -4.33. The number of hydrogen-bond donors (Lipinski definition) is 2. The number of carbonyl (C=O) groups is 1. The molecule has 0 atom stereocenters. The van der Waals surface area contributed by atoms with Crippen molar-refractivity contribution >= 4 is 16.0 Å². The fourth-order valence-electron chi connectivity index (χ4n) is 0.863. The second kappa shape index (κ2) is 9.15. The van der Waals surface area contributed by atoms with Crippen LogP contribution >= 0.6 is 0 Å². The van der Waals surface area contributed by atoms with Crippen LogP contribution in [0.1, 0.15) is 13.8 Å². The number of aliphatic hydroxyl groups excluding tert-OH is 1. The third-order valence-electron chi connectivity index (χ3n) is 1.18. The van der Waals surface area contributed by atoms with Crippen molar-refractivity contribution in [2.24, 2.45) is 0 Å². The van der Waals surface area contributed by atoms with Gasteiger partial charge in [-0.15, -0.1) is 0 Å². The Bertz CT molecular complexity index is 312. The summed E-state index contributed by atoms with van der Waals surface area (Å²) in [7, 11) is -3.33. The Morgan fingerprint density at radius 2 is 1.88 bits per heavy atom. The monoisotopic (exact) mass is 261 g/mol. The van der Waals surface area contributed by atoms with Crippen LogP contribution in [0.2, 0.25) is 0 Å². The molecule has 0 unspecified atom stereocenters. The Labute approximate surface area is 118 Å². The van der Waals surface area contributed by atoms with Gasteiger partial charge in [-0.05, 0) is 19.9 Å². The zero-order valence-electron chi connectivity index (χ0n) is 9.98. The zero-order valence-corrected chi connectivity index (χ0v) is 12.8. The van der Waals surface area contributed by atoms with Crippen molar-refractivity contribution in [2.45, 2.75) is 19.4 Å². The number of hydrogen-bond acceptors (Lipinski definition) is 5. The van der Waals surface area contributed by atoms with Crippen molar-refractivity contribution in [3.8, 4) is 0 Å². The summed E-state index contributed by atoms with van der Waals surface area (Å²) in [5, 5.41) is 9.33. The van der Waals surface area contributed by atoms with E-state index in [0.29, 0.717) is 0 Å². The molecule has 0 aliphatic heterocycles. The van der Waals surface area contributed by atoms with E-state index in [1.807, 2.05) is 0 Å². The second-order valence-corrected chi connectivity index (χ2v) is 4.68. The van der Waals surface area contributed by atoms with E-state index in [1.54, 1.807) is 0 Å². The first-order valence-electron chi connectivity index (χ1n) is 3.99. The SMILES string of the molecule is C=CC(=O)NC(C)(C)CS(=O)(=O)[O-].CO.[Na+]. The number of nitrogens with one attached hydrogen (secondary N) is 1. The van der Waals surface area contributed by atoms with Crippen LogP contribution in [0.25, 0.3) is 0 Å². The molecule has 2 N–H and O–H groups in total. The molecule has 0 aromatic carbocycles. The Morgan fingerprint density at radius 1 is 1.50 bits per heavy atom. The molecule has 0 saturated heterocycles. The van der Waals surface area contributed by atoms with Crippen LogP contribution in [0, 0.1) is 0 Å². The molecule has 0 fully saturated rings. The molecule has 90 valence electrons. The summed E-state index contributed by atoms with van der Waals surface area (Å²) in [5.41, 5.74) is -1.06. The molecule has 1 amide bonds. The van der Waals surface area contributed by atoms with E-state index in [0.717, 1.165) is 13.2 Å². The number of carbonyl (C=O) groups excluding carboxylic acids is 1. The van der Waals surface area contributed by atoms with Crippen molar-refractivity contribution in [2.75, 3.05) is 12.9 Å². The predicted molar refractivity (Wildman–Crippen MR) is 55.1 cm³/mol. The fraction of sp³-hybridized carbons (Fsp3) is 0.625. The number of amides is 1. The van der Waals surface area contributed by atoms with E-state index in [1.165, 1.54) is 13.8 Å². The molecule has 6 nitrogen and oxygen atoms in total. The van der Waals surface area contributed by atoms with E-state index in [9.17, 15) is 17.8 Å². The van der Waals surface area contributed by atoms with Crippen LogP contribution in [-0.2, 0) is 14.9 Å². The van der Waals surface area contributed by atoms with Gasteiger partial charge >= 0.3 is 29.6 Å². The average molecular weight is 261 g/mol. The van der Waals surface area contributed by atoms with Gasteiger partial charge in [-0.3, -0.25) is 4.79 Å². The molecule has 0 bridgehead atoms. The van der Waals surface area contributed by atoms with Crippen molar-refractivity contribution in [1.29, 1.82) is 0 Å². The van der Waals surface area contributed by atoms with E-state index in [4.69, 9.17) is 5.11 Å². The van der Waals surface area contributed by atoms with E-state index >= 15 is 0 Å². The molecule has 0 radical (unpaired) electrons. The fourth-order valence-corrected chi connectivity index (χ4v) is 1.82. The number of aliphatic hydroxyl groups is 1. The normalized spacial score (nSPS) is 10.3. The Morgan fingerprint density at radius 3 is 2.12 bits per heavy atom. The average Bonchev–Trinajstić information content (AvgIpc) is 2.02. The topological polar surface area (TPSA) is 107 Å². The predicted octanol–water partition coefficient (Wildman–Crippen LogP) is -3.78. The summed E-state index contributed by atoms with van der Waals surface area (Å²) < 4.78 is 31.2. The van der Waals surface area contributed by atoms with Crippen LogP contribution in [0.4, 0.5) is 0 Å². The second-order valence-electron chi connectivity index (χ2n) is 3.28. The van der Waals surface area contributed by atoms with Crippen LogP contribution in [-0.4, -0.2) is 42.4 Å². The van der Waals surface area contributed by atoms with Gasteiger partial charge in [0.25, 0.3) is 0 Å². The maximum absolute atomic E-state index is 10.8. The van der Waals surface area contributed by atoms with Crippen LogP contribution in [0.3, 0.4) is 0 Å². The molecule has 0 spiro atoms. The molecule has 0 saturated carbocycles. The quantitative estimate of drug-likeness (QED) is 0.307. The summed E-state index contributed by atoms with van der Waals surface area (Å²) in [4.78, 5) is 10.8. The van der Waals surface area contributed by atoms with E-state index < -0.39 is 27.3 Å². The van der Waals surface area contributed by atoms with Gasteiger partial charge in [-0.2, -0.15) is 0 Å². The molecule has 0 rings (SSSR count). The van der Waals surface area contributed by atoms with Crippen LogP contribution < -0.4 is 34.9 Å². The maximum atomic E-state index is 10.8. The van der Waals surface area contributed by atoms with Gasteiger partial charge in [0.2, 0.25) is 5.91 Å². The van der Waals surface area contributed by atoms with Gasteiger partial charge in [-0.1, -0.05) is 6.58 Å². The van der Waals surface area contributed by atoms with E-state index in [-0.39, 0.29) is 29.6 Å². The Balaban J connectivity index is -0.000000529.